The average Bonchev–Trinajstić information content (AvgIpc) is 2.69. The van der Waals surface area contributed by atoms with Crippen molar-refractivity contribution in [3.05, 3.63) is 99.0 Å². The number of benzene rings is 3. The molecule has 1 amide bonds. The largest absolute Gasteiger partial charge is 0.322 e. The maximum atomic E-state index is 12.9. The van der Waals surface area contributed by atoms with Gasteiger partial charge in [0.05, 0.1) is 5.56 Å². The van der Waals surface area contributed by atoms with E-state index in [1.165, 1.54) is 0 Å². The van der Waals surface area contributed by atoms with Gasteiger partial charge in [0.1, 0.15) is 0 Å². The highest BCUT2D eigenvalue weighted by Crippen LogP contribution is 2.31. The van der Waals surface area contributed by atoms with Gasteiger partial charge in [-0.3, -0.25) is 4.79 Å². The Bertz CT molecular complexity index is 1100. The minimum Gasteiger partial charge on any atom is -0.322 e. The second-order valence-corrected chi connectivity index (χ2v) is 8.81. The van der Waals surface area contributed by atoms with Gasteiger partial charge in [0.15, 0.2) is 0 Å². The van der Waals surface area contributed by atoms with E-state index in [-0.39, 0.29) is 11.3 Å². The Labute approximate surface area is 181 Å². The summed E-state index contributed by atoms with van der Waals surface area (Å²) in [5, 5.41) is 3.09. The molecule has 146 valence electrons. The van der Waals surface area contributed by atoms with E-state index in [4.69, 9.17) is 0 Å². The predicted molar refractivity (Wildman–Crippen MR) is 124 cm³/mol. The molecule has 3 rings (SSSR count). The quantitative estimate of drug-likeness (QED) is 0.436. The first kappa shape index (κ1) is 20.9. The fourth-order valence-corrected chi connectivity index (χ4v) is 3.47. The molecule has 0 saturated carbocycles. The summed E-state index contributed by atoms with van der Waals surface area (Å²) in [5.41, 5.74) is 5.27. The molecule has 0 aliphatic carbocycles. The van der Waals surface area contributed by atoms with Crippen LogP contribution in [0.4, 0.5) is 5.69 Å². The van der Waals surface area contributed by atoms with Gasteiger partial charge in [0.2, 0.25) is 0 Å². The highest BCUT2D eigenvalue weighted by molar-refractivity contribution is 9.10. The summed E-state index contributed by atoms with van der Waals surface area (Å²) in [4.78, 5) is 12.9. The molecule has 2 nitrogen and oxygen atoms in total. The smallest absolute Gasteiger partial charge is 0.256 e. The van der Waals surface area contributed by atoms with E-state index < -0.39 is 0 Å². The SMILES string of the molecule is Cc1cccc(C(=O)Nc2ccc(C#Cc3ccccc3)cc2C(C)(C)C)c1Br. The molecule has 0 saturated heterocycles. The molecule has 0 heterocycles. The monoisotopic (exact) mass is 445 g/mol. The van der Waals surface area contributed by atoms with Crippen LogP contribution in [0.25, 0.3) is 0 Å². The minimum atomic E-state index is -0.142. The molecule has 3 aromatic rings. The third kappa shape index (κ3) is 5.16. The number of carbonyl (C=O) groups is 1. The fraction of sp³-hybridized carbons (Fsp3) is 0.192. The first-order valence-corrected chi connectivity index (χ1v) is 10.3. The lowest BCUT2D eigenvalue weighted by atomic mass is 9.84. The predicted octanol–water partition coefficient (Wildman–Crippen LogP) is 6.71. The summed E-state index contributed by atoms with van der Waals surface area (Å²) in [5.74, 6) is 6.30. The van der Waals surface area contributed by atoms with Crippen LogP contribution in [0, 0.1) is 18.8 Å². The number of halogens is 1. The second-order valence-electron chi connectivity index (χ2n) is 8.02. The lowest BCUT2D eigenvalue weighted by molar-refractivity contribution is 0.102. The number of hydrogen-bond acceptors (Lipinski definition) is 1. The van der Waals surface area contributed by atoms with Gasteiger partial charge in [-0.2, -0.15) is 0 Å². The van der Waals surface area contributed by atoms with E-state index in [2.05, 4.69) is 59.9 Å². The maximum absolute atomic E-state index is 12.9. The number of anilines is 1. The van der Waals surface area contributed by atoms with Crippen LogP contribution in [-0.4, -0.2) is 5.91 Å². The van der Waals surface area contributed by atoms with Gasteiger partial charge < -0.3 is 5.32 Å². The van der Waals surface area contributed by atoms with Crippen molar-refractivity contribution >= 4 is 27.5 Å². The van der Waals surface area contributed by atoms with Gasteiger partial charge in [-0.05, 0) is 75.8 Å². The van der Waals surface area contributed by atoms with Crippen molar-refractivity contribution in [3.8, 4) is 11.8 Å². The van der Waals surface area contributed by atoms with Crippen LogP contribution >= 0.6 is 15.9 Å². The number of aryl methyl sites for hydroxylation is 1. The molecule has 0 bridgehead atoms. The maximum Gasteiger partial charge on any atom is 0.256 e. The van der Waals surface area contributed by atoms with Crippen molar-refractivity contribution in [2.24, 2.45) is 0 Å². The topological polar surface area (TPSA) is 29.1 Å². The van der Waals surface area contributed by atoms with Crippen LogP contribution < -0.4 is 5.32 Å². The van der Waals surface area contributed by atoms with E-state index in [0.29, 0.717) is 5.56 Å². The van der Waals surface area contributed by atoms with Crippen molar-refractivity contribution in [1.29, 1.82) is 0 Å². The average molecular weight is 446 g/mol. The summed E-state index contributed by atoms with van der Waals surface area (Å²) in [7, 11) is 0. The first-order chi connectivity index (χ1) is 13.8. The van der Waals surface area contributed by atoms with Crippen LogP contribution in [0.15, 0.2) is 71.2 Å². The van der Waals surface area contributed by atoms with Crippen LogP contribution in [0.3, 0.4) is 0 Å². The fourth-order valence-electron chi connectivity index (χ4n) is 3.03. The molecule has 0 aliphatic heterocycles. The Morgan fingerprint density at radius 1 is 0.897 bits per heavy atom. The van der Waals surface area contributed by atoms with E-state index in [0.717, 1.165) is 32.4 Å². The standard InChI is InChI=1S/C26H24BrNO/c1-18-9-8-12-21(24(18)27)25(29)28-23-16-15-20(17-22(23)26(2,3)4)14-13-19-10-6-5-7-11-19/h5-12,15-17H,1-4H3,(H,28,29). The Balaban J connectivity index is 1.94. The molecule has 0 radical (unpaired) electrons. The number of hydrogen-bond donors (Lipinski definition) is 1. The summed E-state index contributed by atoms with van der Waals surface area (Å²) < 4.78 is 0.820. The molecule has 0 aromatic heterocycles. The molecule has 0 atom stereocenters. The van der Waals surface area contributed by atoms with Gasteiger partial charge in [0, 0.05) is 21.3 Å². The third-order valence-electron chi connectivity index (χ3n) is 4.64. The number of rotatable bonds is 2. The molecular weight excluding hydrogens is 422 g/mol. The molecule has 1 N–H and O–H groups in total. The lowest BCUT2D eigenvalue weighted by Gasteiger charge is -2.23. The van der Waals surface area contributed by atoms with Crippen LogP contribution in [-0.2, 0) is 5.41 Å². The Morgan fingerprint density at radius 3 is 2.28 bits per heavy atom. The molecule has 0 fully saturated rings. The van der Waals surface area contributed by atoms with E-state index in [1.807, 2.05) is 67.6 Å². The molecule has 0 aliphatic rings. The van der Waals surface area contributed by atoms with Crippen LogP contribution in [0.5, 0.6) is 0 Å². The number of nitrogens with one attached hydrogen (secondary N) is 1. The summed E-state index contributed by atoms with van der Waals surface area (Å²) >= 11 is 3.53. The summed E-state index contributed by atoms with van der Waals surface area (Å²) in [6.45, 7) is 8.38. The van der Waals surface area contributed by atoms with Crippen LogP contribution in [0.2, 0.25) is 0 Å². The Kier molecular flexibility index (Phi) is 6.25. The van der Waals surface area contributed by atoms with Crippen molar-refractivity contribution < 1.29 is 4.79 Å². The van der Waals surface area contributed by atoms with Gasteiger partial charge >= 0.3 is 0 Å². The minimum absolute atomic E-state index is 0.130. The van der Waals surface area contributed by atoms with Crippen molar-refractivity contribution in [1.82, 2.24) is 0 Å². The third-order valence-corrected chi connectivity index (χ3v) is 5.69. The molecule has 0 spiro atoms. The molecule has 29 heavy (non-hydrogen) atoms. The van der Waals surface area contributed by atoms with Gasteiger partial charge in [-0.25, -0.2) is 0 Å². The normalized spacial score (nSPS) is 10.8. The molecule has 0 unspecified atom stereocenters. The highest BCUT2D eigenvalue weighted by Gasteiger charge is 2.21. The number of amides is 1. The second kappa shape index (κ2) is 8.68. The Morgan fingerprint density at radius 2 is 1.59 bits per heavy atom. The molecular formula is C26H24BrNO. The van der Waals surface area contributed by atoms with E-state index in [1.54, 1.807) is 0 Å². The Hall–Kier alpha value is -2.83. The van der Waals surface area contributed by atoms with Crippen molar-refractivity contribution in [2.75, 3.05) is 5.32 Å². The van der Waals surface area contributed by atoms with Gasteiger partial charge in [-0.15, -0.1) is 0 Å². The van der Waals surface area contributed by atoms with Gasteiger partial charge in [-0.1, -0.05) is 62.9 Å². The highest BCUT2D eigenvalue weighted by atomic mass is 79.9. The first-order valence-electron chi connectivity index (χ1n) is 9.54. The molecule has 3 aromatic carbocycles. The molecule has 3 heteroatoms. The summed E-state index contributed by atoms with van der Waals surface area (Å²) in [6.07, 6.45) is 0. The number of carbonyl (C=O) groups excluding carboxylic acids is 1. The van der Waals surface area contributed by atoms with Crippen molar-refractivity contribution in [2.45, 2.75) is 33.1 Å². The van der Waals surface area contributed by atoms with E-state index >= 15 is 0 Å². The van der Waals surface area contributed by atoms with Crippen molar-refractivity contribution in [3.63, 3.8) is 0 Å². The van der Waals surface area contributed by atoms with Crippen LogP contribution in [0.1, 0.15) is 53.4 Å². The summed E-state index contributed by atoms with van der Waals surface area (Å²) in [6, 6.07) is 21.6. The zero-order valence-electron chi connectivity index (χ0n) is 17.1. The zero-order chi connectivity index (χ0) is 21.0. The van der Waals surface area contributed by atoms with Gasteiger partial charge in [0.25, 0.3) is 5.91 Å². The lowest BCUT2D eigenvalue weighted by Crippen LogP contribution is -2.19. The zero-order valence-corrected chi connectivity index (χ0v) is 18.7. The van der Waals surface area contributed by atoms with E-state index in [9.17, 15) is 4.79 Å².